The van der Waals surface area contributed by atoms with E-state index in [0.717, 1.165) is 10.4 Å². The van der Waals surface area contributed by atoms with Gasteiger partial charge in [-0.3, -0.25) is 0 Å². The molecule has 2 aromatic rings. The lowest BCUT2D eigenvalue weighted by molar-refractivity contribution is 0.272. The fourth-order valence-electron chi connectivity index (χ4n) is 2.95. The fraction of sp³-hybridized carbons (Fsp3) is 0.294. The Balaban J connectivity index is 1.81. The summed E-state index contributed by atoms with van der Waals surface area (Å²) >= 11 is 6.02. The number of nitrogens with zero attached hydrogens (tertiary/aromatic N) is 2. The van der Waals surface area contributed by atoms with E-state index in [4.69, 9.17) is 11.6 Å². The van der Waals surface area contributed by atoms with E-state index in [1.165, 1.54) is 28.6 Å². The summed E-state index contributed by atoms with van der Waals surface area (Å²) in [6.07, 6.45) is 0. The molecule has 0 aromatic heterocycles. The van der Waals surface area contributed by atoms with Gasteiger partial charge in [-0.1, -0.05) is 29.8 Å². The SMILES string of the molecule is Cc1c(Cl)cccc1S(=O)(=O)N1CCN(S(=O)(=O)c2ccccc2F)CC1. The molecule has 10 heteroatoms. The molecule has 27 heavy (non-hydrogen) atoms. The molecule has 0 saturated carbocycles. The third-order valence-corrected chi connectivity index (χ3v) is 8.87. The van der Waals surface area contributed by atoms with Gasteiger partial charge in [0, 0.05) is 31.2 Å². The molecule has 1 aliphatic heterocycles. The van der Waals surface area contributed by atoms with Gasteiger partial charge in [-0.05, 0) is 36.8 Å². The van der Waals surface area contributed by atoms with Gasteiger partial charge in [0.2, 0.25) is 20.0 Å². The largest absolute Gasteiger partial charge is 0.246 e. The van der Waals surface area contributed by atoms with E-state index < -0.39 is 30.8 Å². The molecular weight excluding hydrogens is 415 g/mol. The first-order valence-corrected chi connectivity index (χ1v) is 11.4. The minimum Gasteiger partial charge on any atom is -0.207 e. The quantitative estimate of drug-likeness (QED) is 0.743. The molecule has 0 unspecified atom stereocenters. The van der Waals surface area contributed by atoms with Crippen molar-refractivity contribution in [1.29, 1.82) is 0 Å². The molecule has 0 bridgehead atoms. The zero-order valence-corrected chi connectivity index (χ0v) is 16.9. The first-order chi connectivity index (χ1) is 12.7. The second kappa shape index (κ2) is 7.48. The van der Waals surface area contributed by atoms with Gasteiger partial charge in [0.25, 0.3) is 0 Å². The highest BCUT2D eigenvalue weighted by Crippen LogP contribution is 2.27. The summed E-state index contributed by atoms with van der Waals surface area (Å²) in [5.74, 6) is -0.831. The Bertz CT molecular complexity index is 1070. The average Bonchev–Trinajstić information content (AvgIpc) is 2.64. The van der Waals surface area contributed by atoms with Crippen LogP contribution in [-0.4, -0.2) is 51.6 Å². The van der Waals surface area contributed by atoms with Gasteiger partial charge in [0.05, 0.1) is 4.90 Å². The van der Waals surface area contributed by atoms with Gasteiger partial charge >= 0.3 is 0 Å². The average molecular weight is 433 g/mol. The van der Waals surface area contributed by atoms with Crippen LogP contribution < -0.4 is 0 Å². The summed E-state index contributed by atoms with van der Waals surface area (Å²) in [5, 5.41) is 0.344. The predicted molar refractivity (Wildman–Crippen MR) is 100 cm³/mol. The summed E-state index contributed by atoms with van der Waals surface area (Å²) in [6.45, 7) is 1.45. The molecule has 0 amide bonds. The Labute approximate surface area is 163 Å². The van der Waals surface area contributed by atoms with Crippen molar-refractivity contribution in [2.75, 3.05) is 26.2 Å². The van der Waals surface area contributed by atoms with Crippen LogP contribution in [0.4, 0.5) is 4.39 Å². The van der Waals surface area contributed by atoms with Crippen molar-refractivity contribution in [2.24, 2.45) is 0 Å². The van der Waals surface area contributed by atoms with Crippen molar-refractivity contribution in [3.63, 3.8) is 0 Å². The minimum atomic E-state index is -4.03. The van der Waals surface area contributed by atoms with Crippen LogP contribution in [0.3, 0.4) is 0 Å². The number of hydrogen-bond acceptors (Lipinski definition) is 4. The normalized spacial score (nSPS) is 17.1. The van der Waals surface area contributed by atoms with Crippen molar-refractivity contribution < 1.29 is 21.2 Å². The van der Waals surface area contributed by atoms with Crippen LogP contribution >= 0.6 is 11.6 Å². The Kier molecular flexibility index (Phi) is 5.60. The highest BCUT2D eigenvalue weighted by molar-refractivity contribution is 7.89. The van der Waals surface area contributed by atoms with Crippen molar-refractivity contribution in [1.82, 2.24) is 8.61 Å². The molecular formula is C17H18ClFN2O4S2. The summed E-state index contributed by atoms with van der Waals surface area (Å²) in [4.78, 5) is -0.313. The van der Waals surface area contributed by atoms with E-state index in [0.29, 0.717) is 10.6 Å². The van der Waals surface area contributed by atoms with E-state index in [9.17, 15) is 21.2 Å². The van der Waals surface area contributed by atoms with Crippen LogP contribution in [0.2, 0.25) is 5.02 Å². The molecule has 1 fully saturated rings. The molecule has 0 N–H and O–H groups in total. The maximum Gasteiger partial charge on any atom is 0.246 e. The summed E-state index contributed by atoms with van der Waals surface area (Å²) in [6, 6.07) is 9.76. The fourth-order valence-corrected chi connectivity index (χ4v) is 6.34. The van der Waals surface area contributed by atoms with E-state index in [2.05, 4.69) is 0 Å². The van der Waals surface area contributed by atoms with Crippen LogP contribution in [0, 0.1) is 12.7 Å². The molecule has 1 heterocycles. The number of halogens is 2. The summed E-state index contributed by atoms with van der Waals surface area (Å²) in [5.41, 5.74) is 0.445. The Morgan fingerprint density at radius 2 is 1.30 bits per heavy atom. The van der Waals surface area contributed by atoms with E-state index in [1.807, 2.05) is 0 Å². The zero-order chi connectivity index (χ0) is 19.8. The van der Waals surface area contributed by atoms with Gasteiger partial charge in [0.15, 0.2) is 0 Å². The second-order valence-electron chi connectivity index (χ2n) is 6.10. The van der Waals surface area contributed by atoms with Gasteiger partial charge in [-0.2, -0.15) is 8.61 Å². The minimum absolute atomic E-state index is 0.0258. The maximum absolute atomic E-state index is 13.9. The lowest BCUT2D eigenvalue weighted by Gasteiger charge is -2.33. The third kappa shape index (κ3) is 3.74. The molecule has 3 rings (SSSR count). The monoisotopic (exact) mass is 432 g/mol. The Morgan fingerprint density at radius 3 is 1.85 bits per heavy atom. The van der Waals surface area contributed by atoms with Crippen molar-refractivity contribution in [3.05, 3.63) is 58.9 Å². The number of rotatable bonds is 4. The third-order valence-electron chi connectivity index (χ3n) is 4.49. The highest BCUT2D eigenvalue weighted by atomic mass is 35.5. The zero-order valence-electron chi connectivity index (χ0n) is 14.5. The van der Waals surface area contributed by atoms with Crippen molar-refractivity contribution in [2.45, 2.75) is 16.7 Å². The molecule has 2 aromatic carbocycles. The molecule has 146 valence electrons. The van der Waals surface area contributed by atoms with Crippen LogP contribution in [0.15, 0.2) is 52.3 Å². The maximum atomic E-state index is 13.9. The molecule has 0 aliphatic carbocycles. The first kappa shape index (κ1) is 20.2. The molecule has 1 aliphatic rings. The van der Waals surface area contributed by atoms with Crippen LogP contribution in [0.25, 0.3) is 0 Å². The van der Waals surface area contributed by atoms with Crippen LogP contribution in [-0.2, 0) is 20.0 Å². The number of hydrogen-bond donors (Lipinski definition) is 0. The van der Waals surface area contributed by atoms with E-state index in [-0.39, 0.29) is 31.1 Å². The van der Waals surface area contributed by atoms with Crippen LogP contribution in [0.5, 0.6) is 0 Å². The Hall–Kier alpha value is -1.52. The topological polar surface area (TPSA) is 74.8 Å². The molecule has 6 nitrogen and oxygen atoms in total. The van der Waals surface area contributed by atoms with Gasteiger partial charge < -0.3 is 0 Å². The van der Waals surface area contributed by atoms with Crippen molar-refractivity contribution >= 4 is 31.6 Å². The lowest BCUT2D eigenvalue weighted by Crippen LogP contribution is -2.50. The Morgan fingerprint density at radius 1 is 0.815 bits per heavy atom. The number of sulfonamides is 2. The second-order valence-corrected chi connectivity index (χ2v) is 10.3. The molecule has 0 radical (unpaired) electrons. The van der Waals surface area contributed by atoms with Gasteiger partial charge in [-0.25, -0.2) is 21.2 Å². The van der Waals surface area contributed by atoms with Gasteiger partial charge in [0.1, 0.15) is 10.7 Å². The standard InChI is InChI=1S/C17H18ClFN2O4S2/c1-13-14(18)5-4-8-16(13)26(22,23)20-9-11-21(12-10-20)27(24,25)17-7-3-2-6-15(17)19/h2-8H,9-12H2,1H3. The summed E-state index contributed by atoms with van der Waals surface area (Å²) in [7, 11) is -7.83. The number of benzene rings is 2. The molecule has 0 atom stereocenters. The van der Waals surface area contributed by atoms with Gasteiger partial charge in [-0.15, -0.1) is 0 Å². The molecule has 1 saturated heterocycles. The van der Waals surface area contributed by atoms with Crippen LogP contribution in [0.1, 0.15) is 5.56 Å². The summed E-state index contributed by atoms with van der Waals surface area (Å²) < 4.78 is 67.2. The highest BCUT2D eigenvalue weighted by Gasteiger charge is 2.35. The smallest absolute Gasteiger partial charge is 0.207 e. The van der Waals surface area contributed by atoms with Crippen molar-refractivity contribution in [3.8, 4) is 0 Å². The molecule has 0 spiro atoms. The first-order valence-electron chi connectivity index (χ1n) is 8.15. The predicted octanol–water partition coefficient (Wildman–Crippen LogP) is 2.48. The lowest BCUT2D eigenvalue weighted by atomic mass is 10.2. The van der Waals surface area contributed by atoms with E-state index in [1.54, 1.807) is 19.1 Å². The number of piperazine rings is 1. The van der Waals surface area contributed by atoms with E-state index >= 15 is 0 Å².